The second kappa shape index (κ2) is 5.20. The highest BCUT2D eigenvalue weighted by Crippen LogP contribution is 2.22. The summed E-state index contributed by atoms with van der Waals surface area (Å²) < 4.78 is 2.31. The van der Waals surface area contributed by atoms with E-state index in [9.17, 15) is 5.11 Å². The summed E-state index contributed by atoms with van der Waals surface area (Å²) in [6.07, 6.45) is 2.09. The van der Waals surface area contributed by atoms with E-state index in [0.717, 1.165) is 13.1 Å². The first-order chi connectivity index (χ1) is 6.17. The Morgan fingerprint density at radius 2 is 2.23 bits per heavy atom. The van der Waals surface area contributed by atoms with Gasteiger partial charge in [0, 0.05) is 37.7 Å². The minimum atomic E-state index is 0.293. The first kappa shape index (κ1) is 11.3. The van der Waals surface area contributed by atoms with Gasteiger partial charge >= 0.3 is 0 Å². The molecule has 0 saturated carbocycles. The molecule has 0 aromatic heterocycles. The molecule has 1 rings (SSSR count). The molecule has 1 aliphatic heterocycles. The van der Waals surface area contributed by atoms with Gasteiger partial charge in [-0.3, -0.25) is 0 Å². The minimum Gasteiger partial charge on any atom is -0.396 e. The van der Waals surface area contributed by atoms with E-state index in [2.05, 4.69) is 29.7 Å². The van der Waals surface area contributed by atoms with Crippen molar-refractivity contribution in [2.45, 2.75) is 25.9 Å². The molecule has 0 spiro atoms. The highest BCUT2D eigenvalue weighted by Gasteiger charge is 2.31. The van der Waals surface area contributed by atoms with Crippen LogP contribution in [0.4, 0.5) is 0 Å². The average molecular weight is 204 g/mol. The molecule has 2 atom stereocenters. The summed E-state index contributed by atoms with van der Waals surface area (Å²) in [4.78, 5) is 0. The smallest absolute Gasteiger partial charge is 0.0487 e. The lowest BCUT2D eigenvalue weighted by molar-refractivity contribution is 0.210. The molecule has 0 amide bonds. The molecule has 0 aromatic carbocycles. The summed E-state index contributed by atoms with van der Waals surface area (Å²) in [5, 5.41) is 12.7. The van der Waals surface area contributed by atoms with Gasteiger partial charge in [-0.25, -0.2) is 4.31 Å². The molecule has 1 fully saturated rings. The van der Waals surface area contributed by atoms with E-state index in [1.807, 2.05) is 0 Å². The monoisotopic (exact) mass is 204 g/mol. The van der Waals surface area contributed by atoms with Gasteiger partial charge in [-0.1, -0.05) is 25.8 Å². The predicted molar refractivity (Wildman–Crippen MR) is 57.7 cm³/mol. The molecule has 0 aromatic rings. The molecule has 78 valence electrons. The van der Waals surface area contributed by atoms with Gasteiger partial charge in [-0.05, 0) is 6.26 Å². The predicted octanol–water partition coefficient (Wildman–Crippen LogP) is 0.555. The SMILES string of the molecule is CSN1CC(CO)C(NC(C)C)C1. The molecule has 1 saturated heterocycles. The number of hydrogen-bond donors (Lipinski definition) is 2. The molecule has 1 heterocycles. The number of rotatable bonds is 4. The number of aliphatic hydroxyl groups is 1. The first-order valence-electron chi connectivity index (χ1n) is 4.83. The standard InChI is InChI=1S/C9H20N2OS/c1-7(2)10-9-5-11(13-3)4-8(9)6-12/h7-10,12H,4-6H2,1-3H3. The maximum Gasteiger partial charge on any atom is 0.0487 e. The van der Waals surface area contributed by atoms with Crippen LogP contribution in [-0.2, 0) is 0 Å². The molecule has 0 bridgehead atoms. The van der Waals surface area contributed by atoms with Gasteiger partial charge in [0.05, 0.1) is 0 Å². The van der Waals surface area contributed by atoms with Crippen molar-refractivity contribution < 1.29 is 5.11 Å². The summed E-state index contributed by atoms with van der Waals surface area (Å²) in [5.74, 6) is 0.398. The fourth-order valence-corrected chi connectivity index (χ4v) is 2.43. The average Bonchev–Trinajstić information content (AvgIpc) is 2.46. The molecule has 2 N–H and O–H groups in total. The third kappa shape index (κ3) is 3.13. The lowest BCUT2D eigenvalue weighted by Crippen LogP contribution is -2.41. The topological polar surface area (TPSA) is 35.5 Å². The van der Waals surface area contributed by atoms with Crippen LogP contribution in [0.15, 0.2) is 0 Å². The highest BCUT2D eigenvalue weighted by molar-refractivity contribution is 7.96. The van der Waals surface area contributed by atoms with Crippen molar-refractivity contribution in [2.75, 3.05) is 26.0 Å². The summed E-state index contributed by atoms with van der Waals surface area (Å²) in [6.45, 7) is 6.64. The zero-order valence-corrected chi connectivity index (χ0v) is 9.47. The number of nitrogens with zero attached hydrogens (tertiary/aromatic N) is 1. The molecule has 2 unspecified atom stereocenters. The Balaban J connectivity index is 2.43. The summed E-state index contributed by atoms with van der Waals surface area (Å²) in [7, 11) is 0. The first-order valence-corrected chi connectivity index (χ1v) is 6.01. The van der Waals surface area contributed by atoms with Crippen molar-refractivity contribution >= 4 is 11.9 Å². The molecule has 0 aliphatic carbocycles. The van der Waals surface area contributed by atoms with E-state index in [4.69, 9.17) is 0 Å². The fraction of sp³-hybridized carbons (Fsp3) is 1.00. The zero-order chi connectivity index (χ0) is 9.84. The van der Waals surface area contributed by atoms with E-state index in [0.29, 0.717) is 24.6 Å². The largest absolute Gasteiger partial charge is 0.396 e. The van der Waals surface area contributed by atoms with Gasteiger partial charge in [0.25, 0.3) is 0 Å². The van der Waals surface area contributed by atoms with Gasteiger partial charge < -0.3 is 10.4 Å². The minimum absolute atomic E-state index is 0.293. The van der Waals surface area contributed by atoms with E-state index < -0.39 is 0 Å². The number of nitrogens with one attached hydrogen (secondary N) is 1. The molecular formula is C9H20N2OS. The third-order valence-electron chi connectivity index (χ3n) is 2.45. The second-order valence-corrected chi connectivity index (χ2v) is 4.78. The summed E-state index contributed by atoms with van der Waals surface area (Å²) >= 11 is 1.76. The van der Waals surface area contributed by atoms with Crippen molar-refractivity contribution in [3.8, 4) is 0 Å². The fourth-order valence-electron chi connectivity index (χ4n) is 1.78. The molecule has 13 heavy (non-hydrogen) atoms. The Bertz CT molecular complexity index is 155. The van der Waals surface area contributed by atoms with Crippen LogP contribution in [0.25, 0.3) is 0 Å². The van der Waals surface area contributed by atoms with Crippen molar-refractivity contribution in [1.29, 1.82) is 0 Å². The zero-order valence-electron chi connectivity index (χ0n) is 8.66. The normalized spacial score (nSPS) is 30.2. The quantitative estimate of drug-likeness (QED) is 0.656. The van der Waals surface area contributed by atoms with Gasteiger partial charge in [0.15, 0.2) is 0 Å². The third-order valence-corrected chi connectivity index (χ3v) is 3.26. The van der Waals surface area contributed by atoms with Crippen molar-refractivity contribution in [3.63, 3.8) is 0 Å². The van der Waals surface area contributed by atoms with Crippen LogP contribution in [0, 0.1) is 5.92 Å². The molecule has 4 heteroatoms. The molecular weight excluding hydrogens is 184 g/mol. The highest BCUT2D eigenvalue weighted by atomic mass is 32.2. The van der Waals surface area contributed by atoms with Crippen LogP contribution in [0.2, 0.25) is 0 Å². The van der Waals surface area contributed by atoms with Crippen LogP contribution in [0.3, 0.4) is 0 Å². The van der Waals surface area contributed by atoms with E-state index in [1.54, 1.807) is 11.9 Å². The number of hydrogen-bond acceptors (Lipinski definition) is 4. The van der Waals surface area contributed by atoms with Crippen molar-refractivity contribution in [2.24, 2.45) is 5.92 Å². The van der Waals surface area contributed by atoms with E-state index in [1.165, 1.54) is 0 Å². The second-order valence-electron chi connectivity index (χ2n) is 3.90. The van der Waals surface area contributed by atoms with Gasteiger partial charge in [-0.2, -0.15) is 0 Å². The van der Waals surface area contributed by atoms with Crippen LogP contribution >= 0.6 is 11.9 Å². The van der Waals surface area contributed by atoms with E-state index >= 15 is 0 Å². The van der Waals surface area contributed by atoms with Gasteiger partial charge in [-0.15, -0.1) is 0 Å². The Morgan fingerprint density at radius 3 is 2.69 bits per heavy atom. The molecule has 0 radical (unpaired) electrons. The summed E-state index contributed by atoms with van der Waals surface area (Å²) in [5.41, 5.74) is 0. The van der Waals surface area contributed by atoms with E-state index in [-0.39, 0.29) is 0 Å². The summed E-state index contributed by atoms with van der Waals surface area (Å²) in [6, 6.07) is 0.957. The Hall–Kier alpha value is 0.230. The van der Waals surface area contributed by atoms with Gasteiger partial charge in [0.2, 0.25) is 0 Å². The molecule has 3 nitrogen and oxygen atoms in total. The maximum absolute atomic E-state index is 9.19. The lowest BCUT2D eigenvalue weighted by atomic mass is 10.0. The Kier molecular flexibility index (Phi) is 4.52. The van der Waals surface area contributed by atoms with Gasteiger partial charge in [0.1, 0.15) is 0 Å². The van der Waals surface area contributed by atoms with Crippen LogP contribution in [-0.4, -0.2) is 47.4 Å². The maximum atomic E-state index is 9.19. The molecule has 1 aliphatic rings. The van der Waals surface area contributed by atoms with Crippen LogP contribution in [0.1, 0.15) is 13.8 Å². The van der Waals surface area contributed by atoms with Crippen molar-refractivity contribution in [3.05, 3.63) is 0 Å². The van der Waals surface area contributed by atoms with Crippen molar-refractivity contribution in [1.82, 2.24) is 9.62 Å². The van der Waals surface area contributed by atoms with Crippen LogP contribution < -0.4 is 5.32 Å². The Morgan fingerprint density at radius 1 is 1.54 bits per heavy atom. The lowest BCUT2D eigenvalue weighted by Gasteiger charge is -2.20. The van der Waals surface area contributed by atoms with Crippen LogP contribution in [0.5, 0.6) is 0 Å². The number of aliphatic hydroxyl groups excluding tert-OH is 1. The Labute approximate surface area is 85.0 Å².